The molecule has 126 valence electrons. The number of carbonyl (C=O) groups is 2. The van der Waals surface area contributed by atoms with Gasteiger partial charge >= 0.3 is 6.09 Å². The van der Waals surface area contributed by atoms with Crippen LogP contribution in [-0.4, -0.2) is 29.4 Å². The van der Waals surface area contributed by atoms with E-state index in [2.05, 4.69) is 15.8 Å². The van der Waals surface area contributed by atoms with Crippen LogP contribution in [0.2, 0.25) is 0 Å². The molecule has 2 amide bonds. The Balaban J connectivity index is 2.33. The third-order valence-corrected chi connectivity index (χ3v) is 3.37. The molecule has 0 saturated heterocycles. The van der Waals surface area contributed by atoms with Crippen molar-refractivity contribution < 1.29 is 14.3 Å². The second-order valence-corrected chi connectivity index (χ2v) is 6.89. The van der Waals surface area contributed by atoms with Crippen molar-refractivity contribution in [1.82, 2.24) is 10.7 Å². The number of hydrazone groups is 1. The lowest BCUT2D eigenvalue weighted by Crippen LogP contribution is -2.35. The van der Waals surface area contributed by atoms with E-state index >= 15 is 0 Å². The molecule has 0 unspecified atom stereocenters. The number of ether oxygens (including phenoxy) is 1. The van der Waals surface area contributed by atoms with Crippen molar-refractivity contribution in [2.75, 3.05) is 0 Å². The van der Waals surface area contributed by atoms with Crippen LogP contribution in [0.5, 0.6) is 0 Å². The number of nitrogens with zero attached hydrogens (tertiary/aromatic N) is 1. The Morgan fingerprint density at radius 2 is 1.73 bits per heavy atom. The molecule has 0 bridgehead atoms. The first-order valence-corrected chi connectivity index (χ1v) is 8.08. The monoisotopic (exact) mass is 311 g/mol. The van der Waals surface area contributed by atoms with Crippen LogP contribution in [0.4, 0.5) is 4.79 Å². The highest BCUT2D eigenvalue weighted by molar-refractivity contribution is 6.00. The number of hydrogen-bond acceptors (Lipinski definition) is 4. The van der Waals surface area contributed by atoms with E-state index in [-0.39, 0.29) is 18.4 Å². The summed E-state index contributed by atoms with van der Waals surface area (Å²) in [5.74, 6) is -0.0425. The fraction of sp³-hybridized carbons (Fsp3) is 0.812. The molecule has 0 heterocycles. The Kier molecular flexibility index (Phi) is 7.35. The van der Waals surface area contributed by atoms with Gasteiger partial charge in [-0.1, -0.05) is 25.7 Å². The number of amides is 2. The van der Waals surface area contributed by atoms with Gasteiger partial charge in [-0.15, -0.1) is 0 Å². The molecule has 0 aromatic carbocycles. The lowest BCUT2D eigenvalue weighted by molar-refractivity contribution is -0.120. The van der Waals surface area contributed by atoms with E-state index < -0.39 is 11.7 Å². The molecule has 0 aliphatic heterocycles. The van der Waals surface area contributed by atoms with Gasteiger partial charge in [0.2, 0.25) is 5.91 Å². The summed E-state index contributed by atoms with van der Waals surface area (Å²) < 4.78 is 5.07. The molecule has 0 spiro atoms. The third-order valence-electron chi connectivity index (χ3n) is 3.37. The van der Waals surface area contributed by atoms with Gasteiger partial charge < -0.3 is 10.1 Å². The second-order valence-electron chi connectivity index (χ2n) is 6.89. The summed E-state index contributed by atoms with van der Waals surface area (Å²) >= 11 is 0. The molecule has 0 aromatic heterocycles. The second kappa shape index (κ2) is 8.76. The molecule has 0 aromatic rings. The summed E-state index contributed by atoms with van der Waals surface area (Å²) in [5, 5.41) is 6.94. The summed E-state index contributed by atoms with van der Waals surface area (Å²) in [6.07, 6.45) is 6.55. The lowest BCUT2D eigenvalue weighted by Gasteiger charge is -2.18. The van der Waals surface area contributed by atoms with Crippen molar-refractivity contribution in [2.45, 2.75) is 84.3 Å². The third kappa shape index (κ3) is 8.64. The fourth-order valence-electron chi connectivity index (χ4n) is 2.42. The van der Waals surface area contributed by atoms with Crippen LogP contribution in [0.15, 0.2) is 5.10 Å². The first-order valence-electron chi connectivity index (χ1n) is 8.08. The fourth-order valence-corrected chi connectivity index (χ4v) is 2.42. The Morgan fingerprint density at radius 3 is 2.27 bits per heavy atom. The van der Waals surface area contributed by atoms with E-state index in [1.165, 1.54) is 25.7 Å². The van der Waals surface area contributed by atoms with Crippen LogP contribution in [0.25, 0.3) is 0 Å². The molecule has 6 heteroatoms. The van der Waals surface area contributed by atoms with Gasteiger partial charge in [0.1, 0.15) is 5.60 Å². The van der Waals surface area contributed by atoms with Gasteiger partial charge in [0.25, 0.3) is 0 Å². The molecule has 6 nitrogen and oxygen atoms in total. The van der Waals surface area contributed by atoms with Crippen LogP contribution in [0, 0.1) is 0 Å². The minimum atomic E-state index is -0.615. The van der Waals surface area contributed by atoms with E-state index in [4.69, 9.17) is 4.74 Å². The number of rotatable bonds is 4. The topological polar surface area (TPSA) is 79.8 Å². The van der Waals surface area contributed by atoms with E-state index in [1.807, 2.05) is 0 Å². The molecule has 1 fully saturated rings. The molecule has 1 saturated carbocycles. The first-order chi connectivity index (χ1) is 10.3. The molecule has 1 aliphatic rings. The van der Waals surface area contributed by atoms with E-state index in [1.54, 1.807) is 27.7 Å². The van der Waals surface area contributed by atoms with Gasteiger partial charge in [-0.3, -0.25) is 4.79 Å². The number of nitrogens with one attached hydrogen (secondary N) is 2. The molecule has 1 rings (SSSR count). The quantitative estimate of drug-likeness (QED) is 0.475. The number of hydrogen-bond donors (Lipinski definition) is 2. The summed E-state index contributed by atoms with van der Waals surface area (Å²) in [4.78, 5) is 23.4. The summed E-state index contributed by atoms with van der Waals surface area (Å²) in [6, 6.07) is 0.279. The highest BCUT2D eigenvalue weighted by Gasteiger charge is 2.17. The van der Waals surface area contributed by atoms with Crippen LogP contribution < -0.4 is 10.7 Å². The molecular formula is C16H29N3O3. The van der Waals surface area contributed by atoms with Crippen LogP contribution in [-0.2, 0) is 9.53 Å². The SMILES string of the molecule is CC(CC(=O)NC1CCCCCC1)=NNC(=O)OC(C)(C)C. The zero-order valence-electron chi connectivity index (χ0n) is 14.2. The molecular weight excluding hydrogens is 282 g/mol. The predicted octanol–water partition coefficient (Wildman–Crippen LogP) is 3.12. The van der Waals surface area contributed by atoms with Gasteiger partial charge in [0, 0.05) is 11.8 Å². The minimum Gasteiger partial charge on any atom is -0.443 e. The van der Waals surface area contributed by atoms with Gasteiger partial charge in [-0.25, -0.2) is 10.2 Å². The summed E-state index contributed by atoms with van der Waals surface area (Å²) in [5.41, 5.74) is 2.29. The van der Waals surface area contributed by atoms with Crippen molar-refractivity contribution in [2.24, 2.45) is 5.10 Å². The Morgan fingerprint density at radius 1 is 1.14 bits per heavy atom. The average Bonchev–Trinajstić information content (AvgIpc) is 2.63. The molecule has 0 radical (unpaired) electrons. The van der Waals surface area contributed by atoms with Crippen LogP contribution in [0.1, 0.15) is 72.6 Å². The summed E-state index contributed by atoms with van der Waals surface area (Å²) in [7, 11) is 0. The molecule has 2 N–H and O–H groups in total. The first kappa shape index (κ1) is 18.5. The van der Waals surface area contributed by atoms with Crippen LogP contribution >= 0.6 is 0 Å². The van der Waals surface area contributed by atoms with Crippen molar-refractivity contribution in [1.29, 1.82) is 0 Å². The van der Waals surface area contributed by atoms with Crippen LogP contribution in [0.3, 0.4) is 0 Å². The largest absolute Gasteiger partial charge is 0.443 e. The van der Waals surface area contributed by atoms with Crippen molar-refractivity contribution >= 4 is 17.7 Å². The highest BCUT2D eigenvalue weighted by atomic mass is 16.6. The van der Waals surface area contributed by atoms with E-state index in [0.29, 0.717) is 5.71 Å². The van der Waals surface area contributed by atoms with E-state index in [0.717, 1.165) is 12.8 Å². The maximum atomic E-state index is 12.0. The number of carbonyl (C=O) groups excluding carboxylic acids is 2. The zero-order valence-corrected chi connectivity index (χ0v) is 14.2. The van der Waals surface area contributed by atoms with Gasteiger partial charge in [-0.2, -0.15) is 5.10 Å². The van der Waals surface area contributed by atoms with Gasteiger partial charge in [0.15, 0.2) is 0 Å². The maximum Gasteiger partial charge on any atom is 0.428 e. The van der Waals surface area contributed by atoms with E-state index in [9.17, 15) is 9.59 Å². The van der Waals surface area contributed by atoms with Crippen molar-refractivity contribution in [3.05, 3.63) is 0 Å². The van der Waals surface area contributed by atoms with Crippen molar-refractivity contribution in [3.63, 3.8) is 0 Å². The maximum absolute atomic E-state index is 12.0. The predicted molar refractivity (Wildman–Crippen MR) is 86.7 cm³/mol. The zero-order chi connectivity index (χ0) is 16.6. The van der Waals surface area contributed by atoms with Gasteiger partial charge in [0.05, 0.1) is 6.42 Å². The lowest BCUT2D eigenvalue weighted by atomic mass is 10.1. The normalized spacial score (nSPS) is 17.5. The summed E-state index contributed by atoms with van der Waals surface area (Å²) in [6.45, 7) is 7.06. The Hall–Kier alpha value is -1.59. The smallest absolute Gasteiger partial charge is 0.428 e. The van der Waals surface area contributed by atoms with Gasteiger partial charge in [-0.05, 0) is 40.5 Å². The molecule has 0 atom stereocenters. The Labute approximate surface area is 133 Å². The van der Waals surface area contributed by atoms with Crippen molar-refractivity contribution in [3.8, 4) is 0 Å². The Bertz CT molecular complexity index is 405. The minimum absolute atomic E-state index is 0.0425. The molecule has 1 aliphatic carbocycles. The average molecular weight is 311 g/mol. The highest BCUT2D eigenvalue weighted by Crippen LogP contribution is 2.17. The molecule has 22 heavy (non-hydrogen) atoms. The standard InChI is InChI=1S/C16H29N3O3/c1-12(18-19-15(21)22-16(2,3)4)11-14(20)17-13-9-7-5-6-8-10-13/h13H,5-11H2,1-4H3,(H,17,20)(H,19,21).